The molecule has 0 aliphatic heterocycles. The normalized spacial score (nSPS) is 11.3. The average molecular weight is 731 g/mol. The third-order valence-electron chi connectivity index (χ3n) is 10.8. The van der Waals surface area contributed by atoms with Crippen LogP contribution in [0.4, 0.5) is 0 Å². The number of hydrogen-bond donors (Lipinski definition) is 0. The maximum Gasteiger partial charge on any atom is 0.145 e. The zero-order valence-corrected chi connectivity index (χ0v) is 31.8. The van der Waals surface area contributed by atoms with Gasteiger partial charge in [-0.05, 0) is 83.6 Å². The third-order valence-corrected chi connectivity index (χ3v) is 10.8. The van der Waals surface area contributed by atoms with E-state index in [4.69, 9.17) is 15.0 Å². The maximum atomic E-state index is 5.40. The number of para-hydroxylation sites is 3. The lowest BCUT2D eigenvalue weighted by molar-refractivity contribution is 1.10. The zero-order valence-electron chi connectivity index (χ0n) is 31.8. The third kappa shape index (κ3) is 6.47. The van der Waals surface area contributed by atoms with Gasteiger partial charge in [-0.2, -0.15) is 0 Å². The van der Waals surface area contributed by atoms with Crippen LogP contribution in [0.15, 0.2) is 194 Å². The first-order valence-corrected chi connectivity index (χ1v) is 19.4. The van der Waals surface area contributed by atoms with Crippen molar-refractivity contribution in [1.82, 2.24) is 19.5 Å². The fourth-order valence-electron chi connectivity index (χ4n) is 7.74. The topological polar surface area (TPSA) is 43.6 Å². The molecular weight excluding hydrogens is 693 g/mol. The van der Waals surface area contributed by atoms with Crippen molar-refractivity contribution in [3.8, 4) is 73.0 Å². The Labute approximate surface area is 332 Å². The lowest BCUT2D eigenvalue weighted by atomic mass is 9.92. The van der Waals surface area contributed by atoms with Gasteiger partial charge in [0.25, 0.3) is 0 Å². The molecule has 0 spiro atoms. The summed E-state index contributed by atoms with van der Waals surface area (Å²) in [4.78, 5) is 15.8. The molecule has 0 atom stereocenters. The smallest absolute Gasteiger partial charge is 0.145 e. The molecule has 0 amide bonds. The summed E-state index contributed by atoms with van der Waals surface area (Å²) in [6.45, 7) is 4.25. The second-order valence-electron chi connectivity index (χ2n) is 14.7. The monoisotopic (exact) mass is 730 g/mol. The summed E-state index contributed by atoms with van der Waals surface area (Å²) >= 11 is 0. The van der Waals surface area contributed by atoms with Gasteiger partial charge in [-0.15, -0.1) is 0 Å². The molecule has 0 saturated heterocycles. The van der Waals surface area contributed by atoms with Crippen LogP contribution in [0.1, 0.15) is 11.1 Å². The van der Waals surface area contributed by atoms with Gasteiger partial charge in [-0.25, -0.2) is 15.0 Å². The maximum absolute atomic E-state index is 5.40. The fourth-order valence-corrected chi connectivity index (χ4v) is 7.74. The van der Waals surface area contributed by atoms with E-state index >= 15 is 0 Å². The fraction of sp³-hybridized carbons (Fsp3) is 0.0377. The van der Waals surface area contributed by atoms with Gasteiger partial charge in [0.1, 0.15) is 5.82 Å². The SMILES string of the molecule is Cc1ccc(-c2cc3nc(-c4ccccc4)c(-c4ccc(-c5ccc(-c6nc7ccccc7n6-c6ccccc6)cc5)cc4)nc3cc2-c2ccc(C)cc2)cc1. The van der Waals surface area contributed by atoms with Crippen molar-refractivity contribution in [1.29, 1.82) is 0 Å². The molecule has 10 aromatic rings. The van der Waals surface area contributed by atoms with E-state index in [2.05, 4.69) is 194 Å². The zero-order chi connectivity index (χ0) is 38.3. The van der Waals surface area contributed by atoms with Crippen LogP contribution in [0.3, 0.4) is 0 Å². The Kier molecular flexibility index (Phi) is 8.57. The molecule has 2 aromatic heterocycles. The van der Waals surface area contributed by atoms with E-state index in [1.54, 1.807) is 0 Å². The molecule has 10 rings (SSSR count). The van der Waals surface area contributed by atoms with Crippen LogP contribution in [0.25, 0.3) is 95.0 Å². The molecule has 0 aliphatic rings. The van der Waals surface area contributed by atoms with E-state index in [-0.39, 0.29) is 0 Å². The number of fused-ring (bicyclic) bond motifs is 2. The Morgan fingerprint density at radius 2 is 0.754 bits per heavy atom. The molecule has 0 saturated carbocycles. The van der Waals surface area contributed by atoms with E-state index in [1.807, 2.05) is 18.2 Å². The largest absolute Gasteiger partial charge is 0.292 e. The van der Waals surface area contributed by atoms with Crippen molar-refractivity contribution in [3.05, 3.63) is 205 Å². The highest BCUT2D eigenvalue weighted by molar-refractivity contribution is 5.96. The van der Waals surface area contributed by atoms with Crippen molar-refractivity contribution in [3.63, 3.8) is 0 Å². The number of aromatic nitrogens is 4. The summed E-state index contributed by atoms with van der Waals surface area (Å²) in [5.74, 6) is 0.920. The minimum Gasteiger partial charge on any atom is -0.292 e. The van der Waals surface area contributed by atoms with Gasteiger partial charge in [-0.3, -0.25) is 4.57 Å². The molecule has 0 N–H and O–H groups in total. The second-order valence-corrected chi connectivity index (χ2v) is 14.7. The lowest BCUT2D eigenvalue weighted by Crippen LogP contribution is -1.97. The molecule has 4 heteroatoms. The molecule has 4 nitrogen and oxygen atoms in total. The Morgan fingerprint density at radius 1 is 0.333 bits per heavy atom. The van der Waals surface area contributed by atoms with Gasteiger partial charge in [0.2, 0.25) is 0 Å². The van der Waals surface area contributed by atoms with Crippen LogP contribution in [0.5, 0.6) is 0 Å². The molecule has 270 valence electrons. The Bertz CT molecular complexity index is 3020. The summed E-state index contributed by atoms with van der Waals surface area (Å²) < 4.78 is 2.24. The van der Waals surface area contributed by atoms with Crippen LogP contribution in [0, 0.1) is 13.8 Å². The Hall–Kier alpha value is -7.43. The predicted octanol–water partition coefficient (Wildman–Crippen LogP) is 13.6. The highest BCUT2D eigenvalue weighted by Gasteiger charge is 2.18. The lowest BCUT2D eigenvalue weighted by Gasteiger charge is -2.16. The molecule has 57 heavy (non-hydrogen) atoms. The van der Waals surface area contributed by atoms with Crippen molar-refractivity contribution in [2.45, 2.75) is 13.8 Å². The van der Waals surface area contributed by atoms with Crippen LogP contribution < -0.4 is 0 Å². The van der Waals surface area contributed by atoms with E-state index < -0.39 is 0 Å². The van der Waals surface area contributed by atoms with Crippen LogP contribution in [0.2, 0.25) is 0 Å². The van der Waals surface area contributed by atoms with Crippen molar-refractivity contribution < 1.29 is 0 Å². The Balaban J connectivity index is 1.05. The van der Waals surface area contributed by atoms with Crippen molar-refractivity contribution in [2.24, 2.45) is 0 Å². The predicted molar refractivity (Wildman–Crippen MR) is 236 cm³/mol. The first-order valence-electron chi connectivity index (χ1n) is 19.4. The molecular formula is C53H38N4. The Morgan fingerprint density at radius 3 is 1.30 bits per heavy atom. The van der Waals surface area contributed by atoms with Gasteiger partial charge in [0.05, 0.1) is 33.5 Å². The summed E-state index contributed by atoms with van der Waals surface area (Å²) in [5.41, 5.74) is 19.0. The molecule has 0 bridgehead atoms. The van der Waals surface area contributed by atoms with Crippen LogP contribution in [-0.2, 0) is 0 Å². The van der Waals surface area contributed by atoms with E-state index in [0.717, 1.165) is 95.0 Å². The second kappa shape index (κ2) is 14.3. The highest BCUT2D eigenvalue weighted by atomic mass is 15.1. The van der Waals surface area contributed by atoms with Gasteiger partial charge >= 0.3 is 0 Å². The minimum absolute atomic E-state index is 0.855. The summed E-state index contributed by atoms with van der Waals surface area (Å²) in [7, 11) is 0. The number of hydrogen-bond acceptors (Lipinski definition) is 3. The minimum atomic E-state index is 0.855. The standard InChI is InChI=1S/C53H38N4/c1-35-17-21-39(22-18-35)45-33-48-49(34-46(45)40-23-19-36(2)20-24-40)55-52(51(54-48)41-11-5-3-6-12-41)42-29-25-37(26-30-42)38-27-31-43(32-28-38)53-56-47-15-9-10-16-50(47)57(53)44-13-7-4-8-14-44/h3-34H,1-2H3. The van der Waals surface area contributed by atoms with Gasteiger partial charge < -0.3 is 0 Å². The number of imidazole rings is 1. The van der Waals surface area contributed by atoms with Crippen molar-refractivity contribution >= 4 is 22.1 Å². The van der Waals surface area contributed by atoms with Gasteiger partial charge in [0.15, 0.2) is 0 Å². The first-order chi connectivity index (χ1) is 28.1. The van der Waals surface area contributed by atoms with Gasteiger partial charge in [-0.1, -0.05) is 169 Å². The van der Waals surface area contributed by atoms with Gasteiger partial charge in [0, 0.05) is 22.4 Å². The van der Waals surface area contributed by atoms with Crippen molar-refractivity contribution in [2.75, 3.05) is 0 Å². The molecule has 0 fully saturated rings. The quantitative estimate of drug-likeness (QED) is 0.164. The summed E-state index contributed by atoms with van der Waals surface area (Å²) in [5, 5.41) is 0. The van der Waals surface area contributed by atoms with E-state index in [9.17, 15) is 0 Å². The highest BCUT2D eigenvalue weighted by Crippen LogP contribution is 2.39. The van der Waals surface area contributed by atoms with Crippen LogP contribution in [-0.4, -0.2) is 19.5 Å². The summed E-state index contributed by atoms with van der Waals surface area (Å²) in [6.07, 6.45) is 0. The number of benzene rings is 8. The van der Waals surface area contributed by atoms with E-state index in [0.29, 0.717) is 0 Å². The molecule has 0 aliphatic carbocycles. The molecule has 8 aromatic carbocycles. The van der Waals surface area contributed by atoms with E-state index in [1.165, 1.54) is 11.1 Å². The number of nitrogens with zero attached hydrogens (tertiary/aromatic N) is 4. The molecule has 2 heterocycles. The number of aryl methyl sites for hydroxylation is 2. The molecule has 0 unspecified atom stereocenters. The molecule has 0 radical (unpaired) electrons. The average Bonchev–Trinajstić information content (AvgIpc) is 3.67. The number of rotatable bonds is 7. The van der Waals surface area contributed by atoms with Crippen LogP contribution >= 0.6 is 0 Å². The summed E-state index contributed by atoms with van der Waals surface area (Å²) in [6, 6.07) is 68.4. The first kappa shape index (κ1) is 34.1.